The summed E-state index contributed by atoms with van der Waals surface area (Å²) < 4.78 is 18.6. The van der Waals surface area contributed by atoms with Crippen molar-refractivity contribution < 1.29 is 28.6 Å². The standard InChI is InChI=1S/C30H47Cl2N3O6Si/c1-9-11-12-23(29(38)40-10-2)34-28(37)20(13-14-26(36)41-30(3,4)5)27-33-24-17-21(31)22(32)18-25(24)35(27)19-39-15-16-42(6,7)8/h17-18,20,23H,9-16,19H2,1-8H3,(H,34,37). The molecule has 0 saturated heterocycles. The lowest BCUT2D eigenvalue weighted by Crippen LogP contribution is -2.44. The van der Waals surface area contributed by atoms with Gasteiger partial charge in [-0.1, -0.05) is 62.6 Å². The molecule has 0 radical (unpaired) electrons. The van der Waals surface area contributed by atoms with E-state index in [9.17, 15) is 14.4 Å². The molecule has 1 amide bonds. The van der Waals surface area contributed by atoms with Crippen LogP contribution in [0.25, 0.3) is 11.0 Å². The molecule has 1 N–H and O–H groups in total. The number of carbonyl (C=O) groups excluding carboxylic acids is 3. The third-order valence-corrected chi connectivity index (χ3v) is 8.88. The Morgan fingerprint density at radius 2 is 1.74 bits per heavy atom. The molecule has 1 aromatic heterocycles. The average molecular weight is 645 g/mol. The lowest BCUT2D eigenvalue weighted by Gasteiger charge is -2.23. The quantitative estimate of drug-likeness (QED) is 0.118. The monoisotopic (exact) mass is 643 g/mol. The van der Waals surface area contributed by atoms with Crippen molar-refractivity contribution >= 4 is 60.2 Å². The fourth-order valence-corrected chi connectivity index (χ4v) is 5.35. The molecule has 2 atom stereocenters. The van der Waals surface area contributed by atoms with E-state index >= 15 is 0 Å². The molecular weight excluding hydrogens is 597 g/mol. The fourth-order valence-electron chi connectivity index (χ4n) is 4.28. The third-order valence-electron chi connectivity index (χ3n) is 6.46. The minimum Gasteiger partial charge on any atom is -0.464 e. The van der Waals surface area contributed by atoms with Gasteiger partial charge in [-0.15, -0.1) is 0 Å². The van der Waals surface area contributed by atoms with Crippen molar-refractivity contribution in [1.82, 2.24) is 14.9 Å². The molecule has 2 unspecified atom stereocenters. The molecule has 0 aliphatic carbocycles. The van der Waals surface area contributed by atoms with Crippen LogP contribution >= 0.6 is 23.2 Å². The molecule has 2 rings (SSSR count). The summed E-state index contributed by atoms with van der Waals surface area (Å²) in [6.45, 7) is 16.8. The molecular formula is C30H47Cl2N3O6Si. The van der Waals surface area contributed by atoms with E-state index in [2.05, 4.69) is 25.0 Å². The van der Waals surface area contributed by atoms with Crippen LogP contribution in [0, 0.1) is 0 Å². The number of unbranched alkanes of at least 4 members (excludes halogenated alkanes) is 1. The lowest BCUT2D eigenvalue weighted by atomic mass is 9.99. The number of ether oxygens (including phenoxy) is 3. The lowest BCUT2D eigenvalue weighted by molar-refractivity contribution is -0.155. The number of fused-ring (bicyclic) bond motifs is 1. The van der Waals surface area contributed by atoms with Gasteiger partial charge in [0.15, 0.2) is 0 Å². The van der Waals surface area contributed by atoms with Gasteiger partial charge in [-0.2, -0.15) is 0 Å². The summed E-state index contributed by atoms with van der Waals surface area (Å²) in [6.07, 6.45) is 2.08. The maximum atomic E-state index is 13.9. The summed E-state index contributed by atoms with van der Waals surface area (Å²) in [5.74, 6) is -1.89. The summed E-state index contributed by atoms with van der Waals surface area (Å²) in [7, 11) is -1.34. The smallest absolute Gasteiger partial charge is 0.328 e. The van der Waals surface area contributed by atoms with Crippen LogP contribution in [-0.4, -0.2) is 60.3 Å². The van der Waals surface area contributed by atoms with E-state index < -0.39 is 43.5 Å². The predicted molar refractivity (Wildman–Crippen MR) is 170 cm³/mol. The SMILES string of the molecule is CCCCC(NC(=O)C(CCC(=O)OC(C)(C)C)c1nc2cc(Cl)c(Cl)cc2n1COCC[Si](C)(C)C)C(=O)OCC. The third kappa shape index (κ3) is 11.5. The molecule has 0 fully saturated rings. The van der Waals surface area contributed by atoms with E-state index in [0.717, 1.165) is 18.9 Å². The van der Waals surface area contributed by atoms with E-state index in [-0.39, 0.29) is 26.2 Å². The van der Waals surface area contributed by atoms with Crippen molar-refractivity contribution in [2.45, 2.75) is 117 Å². The van der Waals surface area contributed by atoms with Gasteiger partial charge >= 0.3 is 11.9 Å². The van der Waals surface area contributed by atoms with Crippen molar-refractivity contribution in [3.8, 4) is 0 Å². The van der Waals surface area contributed by atoms with Gasteiger partial charge in [0.05, 0.1) is 33.6 Å². The largest absolute Gasteiger partial charge is 0.464 e. The van der Waals surface area contributed by atoms with Crippen molar-refractivity contribution in [3.63, 3.8) is 0 Å². The van der Waals surface area contributed by atoms with E-state index in [1.165, 1.54) is 0 Å². The number of nitrogens with one attached hydrogen (secondary N) is 1. The van der Waals surface area contributed by atoms with Gasteiger partial charge in [-0.05, 0) is 58.7 Å². The van der Waals surface area contributed by atoms with Crippen LogP contribution in [0.1, 0.15) is 78.5 Å². The maximum Gasteiger partial charge on any atom is 0.328 e. The second-order valence-electron chi connectivity index (χ2n) is 12.6. The summed E-state index contributed by atoms with van der Waals surface area (Å²) in [6, 6.07) is 3.48. The average Bonchev–Trinajstić information content (AvgIpc) is 3.19. The Kier molecular flexibility index (Phi) is 13.8. The Labute approximate surface area is 261 Å². The van der Waals surface area contributed by atoms with Crippen molar-refractivity contribution in [1.29, 1.82) is 0 Å². The van der Waals surface area contributed by atoms with Crippen LogP contribution in [0.5, 0.6) is 0 Å². The number of rotatable bonds is 16. The second kappa shape index (κ2) is 16.1. The highest BCUT2D eigenvalue weighted by Crippen LogP contribution is 2.32. The zero-order valence-corrected chi connectivity index (χ0v) is 28.8. The molecule has 0 aliphatic rings. The molecule has 42 heavy (non-hydrogen) atoms. The zero-order chi connectivity index (χ0) is 31.7. The summed E-state index contributed by atoms with van der Waals surface area (Å²) in [4.78, 5) is 44.2. The molecule has 0 bridgehead atoms. The number of hydrogen-bond donors (Lipinski definition) is 1. The van der Waals surface area contributed by atoms with Gasteiger partial charge in [0.2, 0.25) is 5.91 Å². The maximum absolute atomic E-state index is 13.9. The minimum absolute atomic E-state index is 0.0322. The molecule has 236 valence electrons. The van der Waals surface area contributed by atoms with E-state index in [0.29, 0.717) is 39.9 Å². The Morgan fingerprint density at radius 1 is 1.07 bits per heavy atom. The molecule has 0 spiro atoms. The number of halogens is 2. The Hall–Kier alpha value is -2.14. The summed E-state index contributed by atoms with van der Waals surface area (Å²) >= 11 is 12.7. The summed E-state index contributed by atoms with van der Waals surface area (Å²) in [5, 5.41) is 3.56. The number of amides is 1. The van der Waals surface area contributed by atoms with Gasteiger partial charge < -0.3 is 24.1 Å². The topological polar surface area (TPSA) is 109 Å². The highest BCUT2D eigenvalue weighted by molar-refractivity contribution is 6.76. The minimum atomic E-state index is -1.34. The number of benzene rings is 1. The van der Waals surface area contributed by atoms with Crippen molar-refractivity contribution in [3.05, 3.63) is 28.0 Å². The first kappa shape index (κ1) is 36.1. The van der Waals surface area contributed by atoms with Gasteiger partial charge in [0.1, 0.15) is 24.2 Å². The number of imidazole rings is 1. The first-order valence-electron chi connectivity index (χ1n) is 14.7. The predicted octanol–water partition coefficient (Wildman–Crippen LogP) is 7.10. The fraction of sp³-hybridized carbons (Fsp3) is 0.667. The van der Waals surface area contributed by atoms with Gasteiger partial charge in [-0.25, -0.2) is 9.78 Å². The highest BCUT2D eigenvalue weighted by atomic mass is 35.5. The van der Waals surface area contributed by atoms with Crippen LogP contribution in [-0.2, 0) is 35.3 Å². The molecule has 12 heteroatoms. The number of esters is 2. The Morgan fingerprint density at radius 3 is 2.33 bits per heavy atom. The molecule has 0 aliphatic heterocycles. The van der Waals surface area contributed by atoms with Crippen LogP contribution in [0.2, 0.25) is 35.7 Å². The molecule has 0 saturated carbocycles. The van der Waals surface area contributed by atoms with E-state index in [1.807, 2.05) is 6.92 Å². The van der Waals surface area contributed by atoms with E-state index in [4.69, 9.17) is 42.4 Å². The number of carbonyl (C=O) groups is 3. The van der Waals surface area contributed by atoms with Gasteiger partial charge in [-0.3, -0.25) is 9.59 Å². The first-order chi connectivity index (χ1) is 19.6. The van der Waals surface area contributed by atoms with Crippen LogP contribution in [0.3, 0.4) is 0 Å². The van der Waals surface area contributed by atoms with Gasteiger partial charge in [0, 0.05) is 21.1 Å². The molecule has 1 heterocycles. The van der Waals surface area contributed by atoms with Crippen molar-refractivity contribution in [2.75, 3.05) is 13.2 Å². The normalized spacial score (nSPS) is 13.6. The number of nitrogens with zero attached hydrogens (tertiary/aromatic N) is 2. The second-order valence-corrected chi connectivity index (χ2v) is 19.1. The summed E-state index contributed by atoms with van der Waals surface area (Å²) in [5.41, 5.74) is 0.515. The van der Waals surface area contributed by atoms with Crippen LogP contribution in [0.15, 0.2) is 12.1 Å². The number of hydrogen-bond acceptors (Lipinski definition) is 7. The highest BCUT2D eigenvalue weighted by Gasteiger charge is 2.32. The molecule has 2 aromatic rings. The van der Waals surface area contributed by atoms with Crippen molar-refractivity contribution in [2.24, 2.45) is 0 Å². The first-order valence-corrected chi connectivity index (χ1v) is 19.1. The Bertz CT molecular complexity index is 1220. The number of aromatic nitrogens is 2. The van der Waals surface area contributed by atoms with Gasteiger partial charge in [0.25, 0.3) is 0 Å². The zero-order valence-electron chi connectivity index (χ0n) is 26.3. The molecule has 1 aromatic carbocycles. The van der Waals surface area contributed by atoms with E-state index in [1.54, 1.807) is 44.4 Å². The van der Waals surface area contributed by atoms with Crippen LogP contribution in [0.4, 0.5) is 0 Å². The Balaban J connectivity index is 2.53. The van der Waals surface area contributed by atoms with Crippen LogP contribution < -0.4 is 5.32 Å². The molecule has 9 nitrogen and oxygen atoms in total.